The van der Waals surface area contributed by atoms with E-state index in [0.717, 1.165) is 0 Å². The Hall–Kier alpha value is -1.12. The molecule has 1 amide bonds. The number of amides is 1. The topological polar surface area (TPSA) is 60.2 Å². The SMILES string of the molecule is CC(=O)C/C=C/C(N)=O. The van der Waals surface area contributed by atoms with Gasteiger partial charge < -0.3 is 5.73 Å². The first-order valence-corrected chi connectivity index (χ1v) is 2.58. The van der Waals surface area contributed by atoms with E-state index in [4.69, 9.17) is 5.73 Å². The summed E-state index contributed by atoms with van der Waals surface area (Å²) < 4.78 is 0. The van der Waals surface area contributed by atoms with Crippen LogP contribution in [0.25, 0.3) is 0 Å². The van der Waals surface area contributed by atoms with Crippen LogP contribution in [0.4, 0.5) is 0 Å². The summed E-state index contributed by atoms with van der Waals surface area (Å²) in [6.07, 6.45) is 2.91. The van der Waals surface area contributed by atoms with E-state index in [-0.39, 0.29) is 12.2 Å². The predicted molar refractivity (Wildman–Crippen MR) is 33.6 cm³/mol. The zero-order chi connectivity index (χ0) is 7.28. The molecule has 0 saturated carbocycles. The van der Waals surface area contributed by atoms with Gasteiger partial charge in [0.15, 0.2) is 0 Å². The second kappa shape index (κ2) is 3.83. The summed E-state index contributed by atoms with van der Waals surface area (Å²) in [5.74, 6) is -0.497. The Labute approximate surface area is 53.5 Å². The molecule has 0 aliphatic heterocycles. The van der Waals surface area contributed by atoms with Gasteiger partial charge in [0.1, 0.15) is 5.78 Å². The van der Waals surface area contributed by atoms with Crippen molar-refractivity contribution < 1.29 is 9.59 Å². The highest BCUT2D eigenvalue weighted by atomic mass is 16.1. The maximum Gasteiger partial charge on any atom is 0.241 e. The van der Waals surface area contributed by atoms with Crippen LogP contribution in [0.15, 0.2) is 12.2 Å². The van der Waals surface area contributed by atoms with Crippen LogP contribution in [0.1, 0.15) is 13.3 Å². The number of hydrogen-bond donors (Lipinski definition) is 1. The molecule has 0 saturated heterocycles. The molecule has 0 aromatic carbocycles. The molecule has 9 heavy (non-hydrogen) atoms. The number of hydrogen-bond acceptors (Lipinski definition) is 2. The minimum atomic E-state index is -0.517. The summed E-state index contributed by atoms with van der Waals surface area (Å²) in [6.45, 7) is 1.45. The molecule has 0 radical (unpaired) electrons. The number of allylic oxidation sites excluding steroid dienone is 1. The Kier molecular flexibility index (Phi) is 3.35. The molecule has 2 N–H and O–H groups in total. The van der Waals surface area contributed by atoms with Gasteiger partial charge in [-0.2, -0.15) is 0 Å². The number of rotatable bonds is 3. The monoisotopic (exact) mass is 127 g/mol. The first-order valence-electron chi connectivity index (χ1n) is 2.58. The van der Waals surface area contributed by atoms with Crippen molar-refractivity contribution >= 4 is 11.7 Å². The van der Waals surface area contributed by atoms with Gasteiger partial charge in [0.25, 0.3) is 0 Å². The average Bonchev–Trinajstić information content (AvgIpc) is 1.63. The molecule has 0 aromatic rings. The molecule has 0 aromatic heterocycles. The summed E-state index contributed by atoms with van der Waals surface area (Å²) in [4.78, 5) is 20.2. The van der Waals surface area contributed by atoms with Crippen LogP contribution in [0.2, 0.25) is 0 Å². The summed E-state index contributed by atoms with van der Waals surface area (Å²) >= 11 is 0. The molecular formula is C6H9NO2. The van der Waals surface area contributed by atoms with Crippen LogP contribution >= 0.6 is 0 Å². The maximum atomic E-state index is 10.2. The Balaban J connectivity index is 3.48. The normalized spacial score (nSPS) is 9.89. The van der Waals surface area contributed by atoms with Gasteiger partial charge in [-0.3, -0.25) is 9.59 Å². The average molecular weight is 127 g/mol. The summed E-state index contributed by atoms with van der Waals surface area (Å²) in [7, 11) is 0. The van der Waals surface area contributed by atoms with E-state index >= 15 is 0 Å². The van der Waals surface area contributed by atoms with Crippen LogP contribution in [0, 0.1) is 0 Å². The Bertz CT molecular complexity index is 149. The molecule has 0 fully saturated rings. The van der Waals surface area contributed by atoms with E-state index in [1.165, 1.54) is 19.1 Å². The van der Waals surface area contributed by atoms with Crippen LogP contribution in [-0.4, -0.2) is 11.7 Å². The third-order valence-electron chi connectivity index (χ3n) is 0.687. The zero-order valence-electron chi connectivity index (χ0n) is 5.26. The van der Waals surface area contributed by atoms with Crippen LogP contribution in [0.3, 0.4) is 0 Å². The van der Waals surface area contributed by atoms with Crippen molar-refractivity contribution in [3.8, 4) is 0 Å². The summed E-state index contributed by atoms with van der Waals surface area (Å²) in [5.41, 5.74) is 4.74. The molecule has 3 nitrogen and oxygen atoms in total. The van der Waals surface area contributed by atoms with Crippen molar-refractivity contribution in [2.45, 2.75) is 13.3 Å². The maximum absolute atomic E-state index is 10.2. The summed E-state index contributed by atoms with van der Waals surface area (Å²) in [5, 5.41) is 0. The molecule has 3 heteroatoms. The molecule has 0 rings (SSSR count). The van der Waals surface area contributed by atoms with Crippen molar-refractivity contribution in [2.75, 3.05) is 0 Å². The molecule has 0 aliphatic rings. The predicted octanol–water partition coefficient (Wildman–Crippen LogP) is 0.00700. The van der Waals surface area contributed by atoms with Gasteiger partial charge in [0, 0.05) is 6.42 Å². The summed E-state index contributed by atoms with van der Waals surface area (Å²) in [6, 6.07) is 0. The van der Waals surface area contributed by atoms with Gasteiger partial charge in [0.2, 0.25) is 5.91 Å². The largest absolute Gasteiger partial charge is 0.366 e. The lowest BCUT2D eigenvalue weighted by atomic mass is 10.3. The Morgan fingerprint density at radius 3 is 2.44 bits per heavy atom. The molecule has 50 valence electrons. The fourth-order valence-corrected chi connectivity index (χ4v) is 0.341. The molecule has 0 spiro atoms. The van der Waals surface area contributed by atoms with Crippen LogP contribution in [0.5, 0.6) is 0 Å². The van der Waals surface area contributed by atoms with E-state index in [0.29, 0.717) is 0 Å². The fourth-order valence-electron chi connectivity index (χ4n) is 0.341. The first kappa shape index (κ1) is 7.88. The first-order chi connectivity index (χ1) is 4.13. The smallest absolute Gasteiger partial charge is 0.241 e. The van der Waals surface area contributed by atoms with E-state index in [1.54, 1.807) is 0 Å². The molecule has 0 heterocycles. The van der Waals surface area contributed by atoms with Gasteiger partial charge >= 0.3 is 0 Å². The lowest BCUT2D eigenvalue weighted by Crippen LogP contribution is -2.05. The molecule has 0 unspecified atom stereocenters. The fraction of sp³-hybridized carbons (Fsp3) is 0.333. The van der Waals surface area contributed by atoms with Gasteiger partial charge in [-0.15, -0.1) is 0 Å². The number of nitrogens with two attached hydrogens (primary N) is 1. The van der Waals surface area contributed by atoms with Crippen molar-refractivity contribution in [1.29, 1.82) is 0 Å². The second-order valence-corrected chi connectivity index (χ2v) is 1.71. The molecule has 0 atom stereocenters. The Morgan fingerprint density at radius 1 is 1.56 bits per heavy atom. The number of ketones is 1. The molecule has 0 bridgehead atoms. The van der Waals surface area contributed by atoms with E-state index in [2.05, 4.69) is 0 Å². The van der Waals surface area contributed by atoms with Gasteiger partial charge in [-0.1, -0.05) is 6.08 Å². The highest BCUT2D eigenvalue weighted by Gasteiger charge is 1.86. The van der Waals surface area contributed by atoms with Gasteiger partial charge in [0.05, 0.1) is 0 Å². The van der Waals surface area contributed by atoms with Crippen molar-refractivity contribution in [3.05, 3.63) is 12.2 Å². The second-order valence-electron chi connectivity index (χ2n) is 1.71. The number of carbonyl (C=O) groups excluding carboxylic acids is 2. The van der Waals surface area contributed by atoms with Crippen LogP contribution in [-0.2, 0) is 9.59 Å². The lowest BCUT2D eigenvalue weighted by Gasteiger charge is -1.81. The van der Waals surface area contributed by atoms with E-state index in [9.17, 15) is 9.59 Å². The minimum absolute atomic E-state index is 0.0208. The zero-order valence-corrected chi connectivity index (χ0v) is 5.26. The third-order valence-corrected chi connectivity index (χ3v) is 0.687. The highest BCUT2D eigenvalue weighted by molar-refractivity contribution is 5.87. The Morgan fingerprint density at radius 2 is 2.11 bits per heavy atom. The minimum Gasteiger partial charge on any atom is -0.366 e. The van der Waals surface area contributed by atoms with E-state index < -0.39 is 5.91 Å². The van der Waals surface area contributed by atoms with E-state index in [1.807, 2.05) is 0 Å². The molecular weight excluding hydrogens is 118 g/mol. The third kappa shape index (κ3) is 6.88. The quantitative estimate of drug-likeness (QED) is 0.543. The van der Waals surface area contributed by atoms with Crippen molar-refractivity contribution in [2.24, 2.45) is 5.73 Å². The molecule has 0 aliphatic carbocycles. The van der Waals surface area contributed by atoms with Crippen LogP contribution < -0.4 is 5.73 Å². The van der Waals surface area contributed by atoms with Gasteiger partial charge in [-0.25, -0.2) is 0 Å². The lowest BCUT2D eigenvalue weighted by molar-refractivity contribution is -0.116. The number of primary amides is 1. The van der Waals surface area contributed by atoms with Gasteiger partial charge in [-0.05, 0) is 13.0 Å². The number of Topliss-reactive ketones (excluding diaryl/α,β-unsaturated/α-hetero) is 1. The number of carbonyl (C=O) groups is 2. The standard InChI is InChI=1S/C6H9NO2/c1-5(8)3-2-4-6(7)9/h2,4H,3H2,1H3,(H2,7,9)/b4-2+. The van der Waals surface area contributed by atoms with Crippen molar-refractivity contribution in [3.63, 3.8) is 0 Å². The van der Waals surface area contributed by atoms with Crippen molar-refractivity contribution in [1.82, 2.24) is 0 Å². The highest BCUT2D eigenvalue weighted by Crippen LogP contribution is 1.82.